The number of likely N-dealkylation sites (N-methyl/N-ethyl adjacent to an activating group) is 2. The Balaban J connectivity index is 0.00000338. The summed E-state index contributed by atoms with van der Waals surface area (Å²) in [6.45, 7) is 4.00. The average Bonchev–Trinajstić information content (AvgIpc) is 3.43. The molecule has 152 valence electrons. The summed E-state index contributed by atoms with van der Waals surface area (Å²) in [5.74, 6) is 1.50. The van der Waals surface area contributed by atoms with Crippen molar-refractivity contribution in [2.75, 3.05) is 60.6 Å². The van der Waals surface area contributed by atoms with Crippen molar-refractivity contribution in [1.82, 2.24) is 15.1 Å². The van der Waals surface area contributed by atoms with Gasteiger partial charge in [-0.1, -0.05) is 0 Å². The minimum Gasteiger partial charge on any atom is -0.379 e. The Morgan fingerprint density at radius 2 is 2.00 bits per heavy atom. The van der Waals surface area contributed by atoms with Crippen molar-refractivity contribution < 1.29 is 14.3 Å². The Morgan fingerprint density at radius 3 is 2.62 bits per heavy atom. The van der Waals surface area contributed by atoms with Crippen molar-refractivity contribution in [1.29, 1.82) is 0 Å². The molecule has 7 nitrogen and oxygen atoms in total. The summed E-state index contributed by atoms with van der Waals surface area (Å²) in [4.78, 5) is 19.9. The van der Waals surface area contributed by atoms with E-state index in [4.69, 9.17) is 9.47 Å². The predicted molar refractivity (Wildman–Crippen MR) is 114 cm³/mol. The van der Waals surface area contributed by atoms with E-state index in [0.717, 1.165) is 51.0 Å². The van der Waals surface area contributed by atoms with Gasteiger partial charge in [0.25, 0.3) is 0 Å². The molecule has 26 heavy (non-hydrogen) atoms. The number of guanidine groups is 1. The van der Waals surface area contributed by atoms with E-state index < -0.39 is 0 Å². The molecule has 2 aliphatic rings. The van der Waals surface area contributed by atoms with Crippen molar-refractivity contribution in [2.24, 2.45) is 10.9 Å². The fourth-order valence-corrected chi connectivity index (χ4v) is 2.61. The molecule has 0 aromatic carbocycles. The van der Waals surface area contributed by atoms with E-state index in [2.05, 4.69) is 10.3 Å². The van der Waals surface area contributed by atoms with E-state index in [-0.39, 0.29) is 42.5 Å². The zero-order valence-electron chi connectivity index (χ0n) is 16.4. The zero-order valence-corrected chi connectivity index (χ0v) is 18.7. The van der Waals surface area contributed by atoms with Crippen LogP contribution in [-0.2, 0) is 14.3 Å². The highest BCUT2D eigenvalue weighted by atomic mass is 127. The van der Waals surface area contributed by atoms with Gasteiger partial charge in [0.05, 0.1) is 12.7 Å². The molecular weight excluding hydrogens is 447 g/mol. The summed E-state index contributed by atoms with van der Waals surface area (Å²) >= 11 is 0. The standard InChI is InChI=1S/C18H34N4O3.HI/c1-21(2)17(23)13-20-18(19-12-16-6-4-5-10-25-16)22(3)9-11-24-14-15-7-8-15;/h15-16H,4-14H2,1-3H3,(H,19,20);1H. The van der Waals surface area contributed by atoms with E-state index in [1.807, 2.05) is 11.9 Å². The molecule has 0 radical (unpaired) electrons. The average molecular weight is 482 g/mol. The van der Waals surface area contributed by atoms with E-state index in [1.54, 1.807) is 19.0 Å². The molecule has 0 aromatic rings. The topological polar surface area (TPSA) is 66.4 Å². The predicted octanol–water partition coefficient (Wildman–Crippen LogP) is 1.57. The summed E-state index contributed by atoms with van der Waals surface area (Å²) in [7, 11) is 5.47. The van der Waals surface area contributed by atoms with Crippen LogP contribution in [0.25, 0.3) is 0 Å². The molecule has 2 rings (SSSR count). The summed E-state index contributed by atoms with van der Waals surface area (Å²) in [6, 6.07) is 0. The lowest BCUT2D eigenvalue weighted by molar-refractivity contribution is -0.127. The summed E-state index contributed by atoms with van der Waals surface area (Å²) in [6.07, 6.45) is 6.26. The molecule has 1 aliphatic carbocycles. The molecule has 0 spiro atoms. The first-order valence-corrected chi connectivity index (χ1v) is 9.45. The molecule has 2 fully saturated rings. The lowest BCUT2D eigenvalue weighted by atomic mass is 10.1. The monoisotopic (exact) mass is 482 g/mol. The number of hydrogen-bond acceptors (Lipinski definition) is 4. The van der Waals surface area contributed by atoms with Crippen LogP contribution in [0, 0.1) is 5.92 Å². The molecule has 1 heterocycles. The fraction of sp³-hybridized carbons (Fsp3) is 0.889. The maximum absolute atomic E-state index is 11.8. The fourth-order valence-electron chi connectivity index (χ4n) is 2.61. The summed E-state index contributed by atoms with van der Waals surface area (Å²) < 4.78 is 11.5. The first-order chi connectivity index (χ1) is 12.1. The first-order valence-electron chi connectivity index (χ1n) is 9.45. The molecule has 1 saturated carbocycles. The third kappa shape index (κ3) is 9.36. The number of rotatable bonds is 9. The van der Waals surface area contributed by atoms with Gasteiger partial charge in [-0.25, -0.2) is 4.99 Å². The molecule has 1 aliphatic heterocycles. The quantitative estimate of drug-likeness (QED) is 0.234. The Kier molecular flexibility index (Phi) is 11.5. The zero-order chi connectivity index (χ0) is 18.1. The molecule has 1 saturated heterocycles. The number of halogens is 1. The molecular formula is C18H35IN4O3. The van der Waals surface area contributed by atoms with Crippen LogP contribution in [-0.4, -0.2) is 88.4 Å². The van der Waals surface area contributed by atoms with Crippen molar-refractivity contribution >= 4 is 35.8 Å². The largest absolute Gasteiger partial charge is 0.379 e. The van der Waals surface area contributed by atoms with Crippen LogP contribution < -0.4 is 5.32 Å². The minimum absolute atomic E-state index is 0. The van der Waals surface area contributed by atoms with Gasteiger partial charge in [-0.3, -0.25) is 4.79 Å². The maximum atomic E-state index is 11.8. The van der Waals surface area contributed by atoms with Gasteiger partial charge in [0, 0.05) is 47.4 Å². The van der Waals surface area contributed by atoms with E-state index in [0.29, 0.717) is 6.61 Å². The van der Waals surface area contributed by atoms with Crippen LogP contribution in [0.3, 0.4) is 0 Å². The number of aliphatic imine (C=N–C) groups is 1. The van der Waals surface area contributed by atoms with E-state index in [9.17, 15) is 4.79 Å². The number of carbonyl (C=O) groups excluding carboxylic acids is 1. The van der Waals surface area contributed by atoms with Gasteiger partial charge in [-0.2, -0.15) is 0 Å². The highest BCUT2D eigenvalue weighted by Gasteiger charge is 2.21. The van der Waals surface area contributed by atoms with Gasteiger partial charge in [0.1, 0.15) is 6.54 Å². The van der Waals surface area contributed by atoms with Crippen molar-refractivity contribution in [3.63, 3.8) is 0 Å². The Bertz CT molecular complexity index is 438. The Hall–Kier alpha value is -0.610. The Morgan fingerprint density at radius 1 is 1.23 bits per heavy atom. The van der Waals surface area contributed by atoms with Gasteiger partial charge >= 0.3 is 0 Å². The SMILES string of the molecule is CN(C)C(=O)CN=C(NCC1CCCCO1)N(C)CCOCC1CC1.I. The third-order valence-electron chi connectivity index (χ3n) is 4.61. The van der Waals surface area contributed by atoms with Gasteiger partial charge in [0.15, 0.2) is 5.96 Å². The van der Waals surface area contributed by atoms with Crippen LogP contribution in [0.4, 0.5) is 0 Å². The lowest BCUT2D eigenvalue weighted by Gasteiger charge is -2.27. The van der Waals surface area contributed by atoms with Crippen molar-refractivity contribution in [3.05, 3.63) is 0 Å². The number of hydrogen-bond donors (Lipinski definition) is 1. The number of amides is 1. The van der Waals surface area contributed by atoms with Gasteiger partial charge in [0.2, 0.25) is 5.91 Å². The number of nitrogens with zero attached hydrogens (tertiary/aromatic N) is 3. The van der Waals surface area contributed by atoms with Crippen LogP contribution in [0.2, 0.25) is 0 Å². The molecule has 1 unspecified atom stereocenters. The minimum atomic E-state index is -0.00778. The smallest absolute Gasteiger partial charge is 0.243 e. The maximum Gasteiger partial charge on any atom is 0.243 e. The molecule has 8 heteroatoms. The molecule has 1 N–H and O–H groups in total. The second-order valence-corrected chi connectivity index (χ2v) is 7.24. The van der Waals surface area contributed by atoms with Gasteiger partial charge in [-0.05, 0) is 38.0 Å². The first kappa shape index (κ1) is 23.4. The van der Waals surface area contributed by atoms with Crippen LogP contribution in [0.5, 0.6) is 0 Å². The Labute approximate surface area is 174 Å². The third-order valence-corrected chi connectivity index (χ3v) is 4.61. The van der Waals surface area contributed by atoms with Crippen LogP contribution >= 0.6 is 24.0 Å². The van der Waals surface area contributed by atoms with Crippen molar-refractivity contribution in [2.45, 2.75) is 38.2 Å². The van der Waals surface area contributed by atoms with E-state index >= 15 is 0 Å². The molecule has 0 bridgehead atoms. The number of nitrogens with one attached hydrogen (secondary N) is 1. The normalized spacial score (nSPS) is 20.3. The van der Waals surface area contributed by atoms with Crippen LogP contribution in [0.1, 0.15) is 32.1 Å². The summed E-state index contributed by atoms with van der Waals surface area (Å²) in [5.41, 5.74) is 0. The van der Waals surface area contributed by atoms with Crippen molar-refractivity contribution in [3.8, 4) is 0 Å². The molecule has 1 atom stereocenters. The van der Waals surface area contributed by atoms with Gasteiger partial charge < -0.3 is 24.6 Å². The highest BCUT2D eigenvalue weighted by molar-refractivity contribution is 14.0. The van der Waals surface area contributed by atoms with Crippen LogP contribution in [0.15, 0.2) is 4.99 Å². The highest BCUT2D eigenvalue weighted by Crippen LogP contribution is 2.28. The molecule has 0 aromatic heterocycles. The second-order valence-electron chi connectivity index (χ2n) is 7.24. The number of ether oxygens (including phenoxy) is 2. The second kappa shape index (κ2) is 12.7. The van der Waals surface area contributed by atoms with Gasteiger partial charge in [-0.15, -0.1) is 24.0 Å². The summed E-state index contributed by atoms with van der Waals surface area (Å²) in [5, 5.41) is 3.37. The molecule has 1 amide bonds. The lowest BCUT2D eigenvalue weighted by Crippen LogP contribution is -2.45. The number of carbonyl (C=O) groups is 1. The van der Waals surface area contributed by atoms with E-state index in [1.165, 1.54) is 19.3 Å².